The van der Waals surface area contributed by atoms with Crippen LogP contribution in [-0.4, -0.2) is 50.9 Å². The van der Waals surface area contributed by atoms with Crippen molar-refractivity contribution >= 4 is 40.2 Å². The first-order chi connectivity index (χ1) is 17.4. The number of thiophene rings is 2. The van der Waals surface area contributed by atoms with Crippen LogP contribution in [0.5, 0.6) is 0 Å². The molecule has 1 amide bonds. The number of piperidine rings is 1. The van der Waals surface area contributed by atoms with Crippen molar-refractivity contribution in [3.8, 4) is 27.3 Å². The lowest BCUT2D eigenvalue weighted by Gasteiger charge is -2.34. The van der Waals surface area contributed by atoms with Crippen LogP contribution in [0.3, 0.4) is 0 Å². The highest BCUT2D eigenvalue weighted by atomic mass is 35.5. The van der Waals surface area contributed by atoms with Gasteiger partial charge in [0, 0.05) is 31.2 Å². The number of aromatic nitrogens is 3. The summed E-state index contributed by atoms with van der Waals surface area (Å²) in [5, 5.41) is 24.0. The maximum Gasteiger partial charge on any atom is 0.271 e. The van der Waals surface area contributed by atoms with Crippen LogP contribution < -0.4 is 5.32 Å². The van der Waals surface area contributed by atoms with Gasteiger partial charge < -0.3 is 14.7 Å². The van der Waals surface area contributed by atoms with Crippen molar-refractivity contribution in [2.45, 2.75) is 45.3 Å². The smallest absolute Gasteiger partial charge is 0.271 e. The summed E-state index contributed by atoms with van der Waals surface area (Å²) < 4.78 is 7.74. The Labute approximate surface area is 222 Å². The average molecular weight is 541 g/mol. The summed E-state index contributed by atoms with van der Waals surface area (Å²) in [6, 6.07) is 12.1. The van der Waals surface area contributed by atoms with Gasteiger partial charge in [0.05, 0.1) is 20.6 Å². The second kappa shape index (κ2) is 10.6. The van der Waals surface area contributed by atoms with Gasteiger partial charge in [0.1, 0.15) is 28.7 Å². The lowest BCUT2D eigenvalue weighted by molar-refractivity contribution is 0.0890. The Balaban J connectivity index is 1.43. The molecule has 11 heteroatoms. The van der Waals surface area contributed by atoms with Crippen molar-refractivity contribution in [2.24, 2.45) is 0 Å². The minimum absolute atomic E-state index is 0.0508. The van der Waals surface area contributed by atoms with Gasteiger partial charge >= 0.3 is 0 Å². The van der Waals surface area contributed by atoms with Crippen LogP contribution in [0, 0.1) is 11.3 Å². The zero-order chi connectivity index (χ0) is 25.2. The minimum Gasteiger partial charge on any atom is -0.355 e. The fourth-order valence-corrected chi connectivity index (χ4v) is 6.12. The molecular weight excluding hydrogens is 516 g/mol. The molecule has 0 radical (unpaired) electrons. The molecule has 1 saturated heterocycles. The van der Waals surface area contributed by atoms with Gasteiger partial charge in [0.25, 0.3) is 5.91 Å². The lowest BCUT2D eigenvalue weighted by Crippen LogP contribution is -2.47. The molecule has 186 valence electrons. The Bertz CT molecular complexity index is 1390. The van der Waals surface area contributed by atoms with Crippen molar-refractivity contribution in [3.63, 3.8) is 0 Å². The van der Waals surface area contributed by atoms with Crippen molar-refractivity contribution in [1.82, 2.24) is 25.2 Å². The average Bonchev–Trinajstić information content (AvgIpc) is 3.66. The number of carbonyl (C=O) groups is 1. The molecule has 0 spiro atoms. The van der Waals surface area contributed by atoms with E-state index in [9.17, 15) is 10.1 Å². The number of nitrogens with one attached hydrogen (secondary N) is 1. The fourth-order valence-electron chi connectivity index (χ4n) is 4.42. The Hall–Kier alpha value is -2.97. The zero-order valence-electron chi connectivity index (χ0n) is 19.9. The van der Waals surface area contributed by atoms with Gasteiger partial charge in [-0.15, -0.1) is 22.7 Å². The molecule has 0 unspecified atom stereocenters. The largest absolute Gasteiger partial charge is 0.355 e. The molecule has 0 bridgehead atoms. The molecule has 1 N–H and O–H groups in total. The highest BCUT2D eigenvalue weighted by molar-refractivity contribution is 7.19. The molecule has 1 fully saturated rings. The highest BCUT2D eigenvalue weighted by Crippen LogP contribution is 2.32. The maximum atomic E-state index is 13.5. The van der Waals surface area contributed by atoms with E-state index < -0.39 is 0 Å². The number of nitriles is 1. The van der Waals surface area contributed by atoms with Gasteiger partial charge in [0.2, 0.25) is 0 Å². The number of rotatable bonds is 7. The van der Waals surface area contributed by atoms with Crippen LogP contribution >= 0.6 is 34.3 Å². The van der Waals surface area contributed by atoms with Crippen LogP contribution in [0.25, 0.3) is 21.2 Å². The summed E-state index contributed by atoms with van der Waals surface area (Å²) >= 11 is 8.93. The van der Waals surface area contributed by atoms with E-state index in [2.05, 4.69) is 40.4 Å². The standard InChI is InChI=1S/C25H25ClN6O2S2/c1-15(2)31-9-7-16(8-10-31)28-25(33)24-18(13-27)23(21-4-3-11-35-21)29-32(24)14-17-12-19(34-30-17)20-5-6-22(26)36-20/h3-6,11-12,15-16H,7-10,14H2,1-2H3,(H,28,33). The zero-order valence-corrected chi connectivity index (χ0v) is 22.3. The molecule has 1 aliphatic heterocycles. The van der Waals surface area contributed by atoms with Crippen molar-refractivity contribution < 1.29 is 9.32 Å². The summed E-state index contributed by atoms with van der Waals surface area (Å²) in [6.07, 6.45) is 1.74. The molecule has 4 aromatic heterocycles. The molecule has 0 saturated carbocycles. The Morgan fingerprint density at radius 2 is 2.11 bits per heavy atom. The first kappa shape index (κ1) is 24.7. The van der Waals surface area contributed by atoms with Crippen molar-refractivity contribution in [1.29, 1.82) is 5.26 Å². The van der Waals surface area contributed by atoms with Gasteiger partial charge in [-0.1, -0.05) is 22.8 Å². The molecule has 5 rings (SSSR count). The molecule has 0 aliphatic carbocycles. The highest BCUT2D eigenvalue weighted by Gasteiger charge is 2.29. The molecule has 0 atom stereocenters. The molecule has 5 heterocycles. The van der Waals surface area contributed by atoms with E-state index in [1.54, 1.807) is 10.7 Å². The predicted molar refractivity (Wildman–Crippen MR) is 141 cm³/mol. The molecule has 0 aromatic carbocycles. The first-order valence-electron chi connectivity index (χ1n) is 11.7. The van der Waals surface area contributed by atoms with Gasteiger partial charge in [-0.25, -0.2) is 0 Å². The van der Waals surface area contributed by atoms with E-state index >= 15 is 0 Å². The predicted octanol–water partition coefficient (Wildman–Crippen LogP) is 5.50. The lowest BCUT2D eigenvalue weighted by atomic mass is 10.0. The van der Waals surface area contributed by atoms with Crippen LogP contribution in [0.2, 0.25) is 4.34 Å². The van der Waals surface area contributed by atoms with E-state index in [0.29, 0.717) is 27.5 Å². The summed E-state index contributed by atoms with van der Waals surface area (Å²) in [7, 11) is 0. The number of carbonyl (C=O) groups excluding carboxylic acids is 1. The second-order valence-corrected chi connectivity index (χ2v) is 11.6. The summed E-state index contributed by atoms with van der Waals surface area (Å²) in [6.45, 7) is 6.43. The van der Waals surface area contributed by atoms with Crippen LogP contribution in [-0.2, 0) is 6.54 Å². The van der Waals surface area contributed by atoms with Gasteiger partial charge in [-0.05, 0) is 50.3 Å². The summed E-state index contributed by atoms with van der Waals surface area (Å²) in [4.78, 5) is 17.6. The van der Waals surface area contributed by atoms with E-state index in [1.165, 1.54) is 22.7 Å². The number of amides is 1. The van der Waals surface area contributed by atoms with E-state index in [1.807, 2.05) is 29.6 Å². The summed E-state index contributed by atoms with van der Waals surface area (Å²) in [5.74, 6) is 0.301. The maximum absolute atomic E-state index is 13.5. The Morgan fingerprint density at radius 3 is 2.75 bits per heavy atom. The van der Waals surface area contributed by atoms with Crippen LogP contribution in [0.15, 0.2) is 40.2 Å². The normalized spacial score (nSPS) is 14.9. The third-order valence-corrected chi connectivity index (χ3v) is 8.44. The molecule has 4 aromatic rings. The fraction of sp³-hybridized carbons (Fsp3) is 0.360. The second-order valence-electron chi connectivity index (χ2n) is 8.98. The van der Waals surface area contributed by atoms with Crippen LogP contribution in [0.1, 0.15) is 48.4 Å². The minimum atomic E-state index is -0.293. The molecule has 1 aliphatic rings. The topological polar surface area (TPSA) is 100.0 Å². The summed E-state index contributed by atoms with van der Waals surface area (Å²) in [5.41, 5.74) is 1.61. The third kappa shape index (κ3) is 5.11. The van der Waals surface area contributed by atoms with E-state index in [-0.39, 0.29) is 29.8 Å². The first-order valence-corrected chi connectivity index (χ1v) is 13.8. The number of nitrogens with zero attached hydrogens (tertiary/aromatic N) is 5. The molecule has 36 heavy (non-hydrogen) atoms. The number of hydrogen-bond acceptors (Lipinski definition) is 8. The Kier molecular flexibility index (Phi) is 7.25. The van der Waals surface area contributed by atoms with Gasteiger partial charge in [-0.2, -0.15) is 10.4 Å². The molecule has 8 nitrogen and oxygen atoms in total. The number of halogens is 1. The van der Waals surface area contributed by atoms with Crippen molar-refractivity contribution in [2.75, 3.05) is 13.1 Å². The molecular formula is C25H25ClN6O2S2. The van der Waals surface area contributed by atoms with Crippen molar-refractivity contribution in [3.05, 3.63) is 57.0 Å². The Morgan fingerprint density at radius 1 is 1.31 bits per heavy atom. The van der Waals surface area contributed by atoms with Gasteiger partial charge in [0.15, 0.2) is 5.76 Å². The van der Waals surface area contributed by atoms with E-state index in [0.717, 1.165) is 35.7 Å². The van der Waals surface area contributed by atoms with E-state index in [4.69, 9.17) is 16.1 Å². The van der Waals surface area contributed by atoms with Gasteiger partial charge in [-0.3, -0.25) is 9.48 Å². The van der Waals surface area contributed by atoms with Crippen LogP contribution in [0.4, 0.5) is 0 Å². The monoisotopic (exact) mass is 540 g/mol. The number of likely N-dealkylation sites (tertiary alicyclic amines) is 1. The third-order valence-electron chi connectivity index (χ3n) is 6.32. The quantitative estimate of drug-likeness (QED) is 0.332. The number of hydrogen-bond donors (Lipinski definition) is 1. The SMILES string of the molecule is CC(C)N1CCC(NC(=O)c2c(C#N)c(-c3cccs3)nn2Cc2cc(-c3ccc(Cl)s3)on2)CC1.